The molecule has 0 amide bonds. The van der Waals surface area contributed by atoms with Gasteiger partial charge in [-0.15, -0.1) is 12.4 Å². The summed E-state index contributed by atoms with van der Waals surface area (Å²) in [5.41, 5.74) is 6.19. The van der Waals surface area contributed by atoms with E-state index in [2.05, 4.69) is 0 Å². The molecule has 2 rings (SSSR count). The van der Waals surface area contributed by atoms with Crippen LogP contribution in [0.25, 0.3) is 0 Å². The fraction of sp³-hybridized carbons (Fsp3) is 0.462. The Kier molecular flexibility index (Phi) is 5.98. The zero-order valence-electron chi connectivity index (χ0n) is 11.7. The Morgan fingerprint density at radius 1 is 1.48 bits per heavy atom. The van der Waals surface area contributed by atoms with Crippen LogP contribution in [0.2, 0.25) is 0 Å². The summed E-state index contributed by atoms with van der Waals surface area (Å²) in [7, 11) is -2.26. The van der Waals surface area contributed by atoms with Gasteiger partial charge < -0.3 is 10.5 Å². The molecule has 1 saturated heterocycles. The van der Waals surface area contributed by atoms with Crippen LogP contribution in [0.1, 0.15) is 18.4 Å². The van der Waals surface area contributed by atoms with Crippen LogP contribution in [0.4, 0.5) is 0 Å². The number of nitrogens with zero attached hydrogens (tertiary/aromatic N) is 2. The summed E-state index contributed by atoms with van der Waals surface area (Å²) in [5.74, 6) is 0.184. The van der Waals surface area contributed by atoms with Crippen molar-refractivity contribution in [1.82, 2.24) is 4.31 Å². The van der Waals surface area contributed by atoms with E-state index < -0.39 is 10.0 Å². The van der Waals surface area contributed by atoms with Crippen molar-refractivity contribution in [2.75, 3.05) is 20.2 Å². The molecule has 2 N–H and O–H groups in total. The summed E-state index contributed by atoms with van der Waals surface area (Å²) in [6.07, 6.45) is 1.58. The molecule has 1 aliphatic rings. The van der Waals surface area contributed by atoms with E-state index in [0.29, 0.717) is 18.7 Å². The highest BCUT2D eigenvalue weighted by atomic mass is 35.5. The van der Waals surface area contributed by atoms with Gasteiger partial charge in [0.25, 0.3) is 0 Å². The molecule has 0 saturated carbocycles. The van der Waals surface area contributed by atoms with Crippen molar-refractivity contribution in [1.29, 1.82) is 5.26 Å². The number of rotatable bonds is 3. The highest BCUT2D eigenvalue weighted by Crippen LogP contribution is 2.29. The average Bonchev–Trinajstić information content (AvgIpc) is 2.46. The number of methoxy groups -OCH3 is 1. The first kappa shape index (κ1) is 17.7. The predicted molar refractivity (Wildman–Crippen MR) is 80.9 cm³/mol. The molecule has 116 valence electrons. The van der Waals surface area contributed by atoms with Crippen LogP contribution in [0.3, 0.4) is 0 Å². The summed E-state index contributed by atoms with van der Waals surface area (Å²) in [4.78, 5) is 0.0769. The number of nitriles is 1. The van der Waals surface area contributed by atoms with Crippen molar-refractivity contribution in [3.05, 3.63) is 23.8 Å². The molecular weight excluding hydrogens is 314 g/mol. The number of nitrogens with two attached hydrogens (primary N) is 1. The van der Waals surface area contributed by atoms with Crippen molar-refractivity contribution >= 4 is 22.4 Å². The molecule has 0 aromatic heterocycles. The lowest BCUT2D eigenvalue weighted by Crippen LogP contribution is -2.45. The van der Waals surface area contributed by atoms with Crippen molar-refractivity contribution < 1.29 is 13.2 Å². The minimum absolute atomic E-state index is 0. The Morgan fingerprint density at radius 3 is 2.76 bits per heavy atom. The first-order valence-electron chi connectivity index (χ1n) is 6.33. The topological polar surface area (TPSA) is 96.4 Å². The molecule has 1 heterocycles. The lowest BCUT2D eigenvalue weighted by molar-refractivity contribution is 0.314. The van der Waals surface area contributed by atoms with E-state index in [-0.39, 0.29) is 29.1 Å². The van der Waals surface area contributed by atoms with Gasteiger partial charge in [0, 0.05) is 19.1 Å². The molecule has 1 aliphatic heterocycles. The summed E-state index contributed by atoms with van der Waals surface area (Å²) in [6, 6.07) is 6.13. The zero-order chi connectivity index (χ0) is 14.8. The lowest BCUT2D eigenvalue weighted by Gasteiger charge is -2.30. The Morgan fingerprint density at radius 2 is 2.19 bits per heavy atom. The van der Waals surface area contributed by atoms with Gasteiger partial charge in [-0.25, -0.2) is 8.42 Å². The van der Waals surface area contributed by atoms with Crippen molar-refractivity contribution in [3.63, 3.8) is 0 Å². The zero-order valence-corrected chi connectivity index (χ0v) is 13.3. The molecule has 1 aromatic carbocycles. The van der Waals surface area contributed by atoms with Crippen LogP contribution in [0.5, 0.6) is 5.75 Å². The first-order chi connectivity index (χ1) is 9.48. The van der Waals surface area contributed by atoms with Gasteiger partial charge in [0.15, 0.2) is 0 Å². The second-order valence-corrected chi connectivity index (χ2v) is 6.65. The second kappa shape index (κ2) is 7.09. The van der Waals surface area contributed by atoms with Gasteiger partial charge in [-0.3, -0.25) is 0 Å². The van der Waals surface area contributed by atoms with Gasteiger partial charge in [0.1, 0.15) is 10.6 Å². The third-order valence-electron chi connectivity index (χ3n) is 3.33. The van der Waals surface area contributed by atoms with E-state index in [1.165, 1.54) is 29.6 Å². The number of benzene rings is 1. The van der Waals surface area contributed by atoms with E-state index in [4.69, 9.17) is 15.7 Å². The van der Waals surface area contributed by atoms with Gasteiger partial charge >= 0.3 is 0 Å². The highest BCUT2D eigenvalue weighted by molar-refractivity contribution is 7.89. The summed E-state index contributed by atoms with van der Waals surface area (Å²) >= 11 is 0. The van der Waals surface area contributed by atoms with Crippen LogP contribution in [0.15, 0.2) is 23.1 Å². The molecule has 1 fully saturated rings. The number of ether oxygens (including phenoxy) is 1. The largest absolute Gasteiger partial charge is 0.495 e. The van der Waals surface area contributed by atoms with Gasteiger partial charge in [-0.05, 0) is 31.0 Å². The average molecular weight is 332 g/mol. The van der Waals surface area contributed by atoms with Crippen LogP contribution < -0.4 is 10.5 Å². The molecule has 8 heteroatoms. The number of halogens is 1. The number of hydrogen-bond acceptors (Lipinski definition) is 5. The van der Waals surface area contributed by atoms with E-state index in [1.54, 1.807) is 0 Å². The maximum atomic E-state index is 12.6. The molecule has 6 nitrogen and oxygen atoms in total. The van der Waals surface area contributed by atoms with Gasteiger partial charge in [0.2, 0.25) is 10.0 Å². The summed E-state index contributed by atoms with van der Waals surface area (Å²) in [6.45, 7) is 0.769. The molecule has 1 aromatic rings. The molecule has 0 bridgehead atoms. The highest BCUT2D eigenvalue weighted by Gasteiger charge is 2.31. The van der Waals surface area contributed by atoms with Crippen LogP contribution in [0, 0.1) is 11.3 Å². The fourth-order valence-corrected chi connectivity index (χ4v) is 3.95. The van der Waals surface area contributed by atoms with Crippen molar-refractivity contribution in [2.24, 2.45) is 5.73 Å². The first-order valence-corrected chi connectivity index (χ1v) is 7.77. The molecule has 0 aliphatic carbocycles. The quantitative estimate of drug-likeness (QED) is 0.894. The number of sulfonamides is 1. The van der Waals surface area contributed by atoms with E-state index in [0.717, 1.165) is 12.8 Å². The minimum Gasteiger partial charge on any atom is -0.495 e. The summed E-state index contributed by atoms with van der Waals surface area (Å²) < 4.78 is 31.7. The monoisotopic (exact) mass is 331 g/mol. The summed E-state index contributed by atoms with van der Waals surface area (Å²) in [5, 5.41) is 8.85. The second-order valence-electron chi connectivity index (χ2n) is 4.74. The Labute approximate surface area is 130 Å². The normalized spacial score (nSPS) is 19.4. The van der Waals surface area contributed by atoms with Crippen LogP contribution in [-0.2, 0) is 10.0 Å². The number of hydrogen-bond donors (Lipinski definition) is 1. The SMILES string of the molecule is COc1cc(C#N)ccc1S(=O)(=O)N1CCCC(N)C1.Cl. The van der Waals surface area contributed by atoms with Crippen LogP contribution in [-0.4, -0.2) is 39.0 Å². The molecule has 1 atom stereocenters. The van der Waals surface area contributed by atoms with Gasteiger partial charge in [0.05, 0.1) is 18.7 Å². The van der Waals surface area contributed by atoms with Crippen molar-refractivity contribution in [2.45, 2.75) is 23.8 Å². The minimum atomic E-state index is -3.64. The van der Waals surface area contributed by atoms with Crippen LogP contribution >= 0.6 is 12.4 Å². The third kappa shape index (κ3) is 3.66. The fourth-order valence-electron chi connectivity index (χ4n) is 2.28. The Hall–Kier alpha value is -1.33. The predicted octanol–water partition coefficient (Wildman–Crippen LogP) is 1.10. The number of piperidine rings is 1. The maximum Gasteiger partial charge on any atom is 0.246 e. The Balaban J connectivity index is 0.00000220. The Bertz CT molecular complexity index is 643. The standard InChI is InChI=1S/C13H17N3O3S.ClH/c1-19-12-7-10(8-14)4-5-13(12)20(17,18)16-6-2-3-11(15)9-16;/h4-5,7,11H,2-3,6,9,15H2,1H3;1H. The molecule has 0 radical (unpaired) electrons. The van der Waals surface area contributed by atoms with Crippen molar-refractivity contribution in [3.8, 4) is 11.8 Å². The third-order valence-corrected chi connectivity index (χ3v) is 5.24. The van der Waals surface area contributed by atoms with Gasteiger partial charge in [-0.1, -0.05) is 0 Å². The molecule has 1 unspecified atom stereocenters. The molecule has 21 heavy (non-hydrogen) atoms. The maximum absolute atomic E-state index is 12.6. The van der Waals surface area contributed by atoms with E-state index in [9.17, 15) is 8.42 Å². The molecule has 0 spiro atoms. The smallest absolute Gasteiger partial charge is 0.246 e. The van der Waals surface area contributed by atoms with E-state index >= 15 is 0 Å². The lowest BCUT2D eigenvalue weighted by atomic mass is 10.1. The van der Waals surface area contributed by atoms with E-state index in [1.807, 2.05) is 6.07 Å². The van der Waals surface area contributed by atoms with Gasteiger partial charge in [-0.2, -0.15) is 9.57 Å². The molecular formula is C13H18ClN3O3S.